The fourth-order valence-electron chi connectivity index (χ4n) is 5.11. The fraction of sp³-hybridized carbons (Fsp3) is 0.280. The molecule has 7 heteroatoms. The quantitative estimate of drug-likeness (QED) is 0.642. The number of nitrogens with one attached hydrogen (secondary N) is 1. The summed E-state index contributed by atoms with van der Waals surface area (Å²) in [7, 11) is 0. The lowest BCUT2D eigenvalue weighted by Crippen LogP contribution is -2.32. The number of amides is 2. The van der Waals surface area contributed by atoms with Gasteiger partial charge < -0.3 is 5.32 Å². The smallest absolute Gasteiger partial charge is 0.260 e. The van der Waals surface area contributed by atoms with Gasteiger partial charge in [0.15, 0.2) is 0 Å². The van der Waals surface area contributed by atoms with Crippen LogP contribution in [0.15, 0.2) is 66.7 Å². The Hall–Kier alpha value is -3.74. The van der Waals surface area contributed by atoms with Gasteiger partial charge in [-0.05, 0) is 30.0 Å². The van der Waals surface area contributed by atoms with Crippen molar-refractivity contribution in [2.75, 3.05) is 10.2 Å². The van der Waals surface area contributed by atoms with Crippen molar-refractivity contribution >= 4 is 29.4 Å². The van der Waals surface area contributed by atoms with Crippen LogP contribution in [0.25, 0.3) is 5.70 Å². The zero-order chi connectivity index (χ0) is 21.7. The van der Waals surface area contributed by atoms with E-state index in [-0.39, 0.29) is 35.6 Å². The number of carbonyl (C=O) groups is 2. The second kappa shape index (κ2) is 7.44. The van der Waals surface area contributed by atoms with Crippen LogP contribution in [0.2, 0.25) is 0 Å². The molecule has 2 aromatic carbocycles. The summed E-state index contributed by atoms with van der Waals surface area (Å²) in [5.74, 6) is -0.0863. The van der Waals surface area contributed by atoms with Gasteiger partial charge in [0.2, 0.25) is 17.8 Å². The maximum atomic E-state index is 13.1. The highest BCUT2D eigenvalue weighted by Crippen LogP contribution is 2.40. The molecule has 7 nitrogen and oxygen atoms in total. The SMILES string of the molecule is O=C1[C@H]2CCCC[C@H]2C(=O)N1c1nc2n(n1)[C@@H](c1ccccc1)C=C(c1ccccc1)N2. The average Bonchev–Trinajstić information content (AvgIpc) is 3.38. The molecular weight excluding hydrogens is 402 g/mol. The van der Waals surface area contributed by atoms with Gasteiger partial charge >= 0.3 is 0 Å². The minimum absolute atomic E-state index is 0.157. The van der Waals surface area contributed by atoms with Gasteiger partial charge in [0.05, 0.1) is 11.8 Å². The number of nitrogens with zero attached hydrogens (tertiary/aromatic N) is 4. The first-order valence-corrected chi connectivity index (χ1v) is 11.1. The first kappa shape index (κ1) is 19.0. The molecule has 160 valence electrons. The molecule has 1 aliphatic carbocycles. The van der Waals surface area contributed by atoms with Crippen molar-refractivity contribution < 1.29 is 9.59 Å². The van der Waals surface area contributed by atoms with E-state index in [1.807, 2.05) is 60.7 Å². The van der Waals surface area contributed by atoms with Crippen LogP contribution in [0.3, 0.4) is 0 Å². The Labute approximate surface area is 185 Å². The van der Waals surface area contributed by atoms with Crippen LogP contribution in [0.4, 0.5) is 11.9 Å². The van der Waals surface area contributed by atoms with E-state index in [1.54, 1.807) is 4.68 Å². The van der Waals surface area contributed by atoms with Crippen LogP contribution in [-0.4, -0.2) is 26.6 Å². The first-order chi connectivity index (χ1) is 15.7. The summed E-state index contributed by atoms with van der Waals surface area (Å²) in [5.41, 5.74) is 3.00. The van der Waals surface area contributed by atoms with E-state index in [4.69, 9.17) is 0 Å². The van der Waals surface area contributed by atoms with Crippen LogP contribution in [0.5, 0.6) is 0 Å². The summed E-state index contributed by atoms with van der Waals surface area (Å²) in [4.78, 5) is 32.0. The third-order valence-corrected chi connectivity index (χ3v) is 6.72. The molecular formula is C25H23N5O2. The van der Waals surface area contributed by atoms with Gasteiger partial charge in [-0.15, -0.1) is 5.10 Å². The van der Waals surface area contributed by atoms with Crippen molar-refractivity contribution in [2.24, 2.45) is 11.8 Å². The largest absolute Gasteiger partial charge is 0.324 e. The van der Waals surface area contributed by atoms with Gasteiger partial charge in [0, 0.05) is 5.70 Å². The van der Waals surface area contributed by atoms with E-state index < -0.39 is 0 Å². The summed E-state index contributed by atoms with van der Waals surface area (Å²) in [5, 5.41) is 8.01. The van der Waals surface area contributed by atoms with Crippen molar-refractivity contribution in [1.82, 2.24) is 14.8 Å². The van der Waals surface area contributed by atoms with Gasteiger partial charge in [-0.1, -0.05) is 73.5 Å². The van der Waals surface area contributed by atoms with E-state index >= 15 is 0 Å². The highest BCUT2D eigenvalue weighted by atomic mass is 16.2. The second-order valence-corrected chi connectivity index (χ2v) is 8.62. The van der Waals surface area contributed by atoms with E-state index in [0.717, 1.165) is 42.5 Å². The van der Waals surface area contributed by atoms with Crippen LogP contribution >= 0.6 is 0 Å². The van der Waals surface area contributed by atoms with Gasteiger partial charge in [0.25, 0.3) is 5.95 Å². The third kappa shape index (κ3) is 2.96. The zero-order valence-electron chi connectivity index (χ0n) is 17.5. The molecule has 0 radical (unpaired) electrons. The summed E-state index contributed by atoms with van der Waals surface area (Å²) >= 11 is 0. The lowest BCUT2D eigenvalue weighted by atomic mass is 9.81. The van der Waals surface area contributed by atoms with E-state index in [0.29, 0.717) is 5.95 Å². The molecule has 1 saturated carbocycles. The van der Waals surface area contributed by atoms with E-state index in [1.165, 1.54) is 4.90 Å². The number of hydrogen-bond donors (Lipinski definition) is 1. The number of benzene rings is 2. The highest BCUT2D eigenvalue weighted by molar-refractivity contribution is 6.21. The van der Waals surface area contributed by atoms with Gasteiger partial charge in [0.1, 0.15) is 6.04 Å². The Bertz CT molecular complexity index is 1190. The van der Waals surface area contributed by atoms with Gasteiger partial charge in [-0.3, -0.25) is 9.59 Å². The number of imide groups is 1. The number of hydrogen-bond acceptors (Lipinski definition) is 5. The molecule has 3 heterocycles. The number of fused-ring (bicyclic) bond motifs is 2. The molecule has 0 spiro atoms. The highest BCUT2D eigenvalue weighted by Gasteiger charge is 2.50. The first-order valence-electron chi connectivity index (χ1n) is 11.1. The van der Waals surface area contributed by atoms with Crippen molar-refractivity contribution in [2.45, 2.75) is 31.7 Å². The predicted octanol–water partition coefficient (Wildman–Crippen LogP) is 4.01. The molecule has 3 aromatic rings. The van der Waals surface area contributed by atoms with Crippen molar-refractivity contribution in [3.63, 3.8) is 0 Å². The molecule has 1 N–H and O–H groups in total. The lowest BCUT2D eigenvalue weighted by Gasteiger charge is -2.24. The number of rotatable bonds is 3. The predicted molar refractivity (Wildman–Crippen MR) is 121 cm³/mol. The maximum Gasteiger partial charge on any atom is 0.260 e. The molecule has 2 fully saturated rings. The minimum atomic E-state index is -0.229. The second-order valence-electron chi connectivity index (χ2n) is 8.62. The molecule has 1 aromatic heterocycles. The minimum Gasteiger partial charge on any atom is -0.324 e. The number of carbonyl (C=O) groups excluding carboxylic acids is 2. The van der Waals surface area contributed by atoms with Crippen LogP contribution in [-0.2, 0) is 9.59 Å². The van der Waals surface area contributed by atoms with E-state index in [9.17, 15) is 9.59 Å². The van der Waals surface area contributed by atoms with Gasteiger partial charge in [-0.25, -0.2) is 9.58 Å². The Morgan fingerprint density at radius 2 is 1.47 bits per heavy atom. The summed E-state index contributed by atoms with van der Waals surface area (Å²) in [6.45, 7) is 0. The van der Waals surface area contributed by atoms with Crippen molar-refractivity contribution in [3.05, 3.63) is 77.9 Å². The Kier molecular flexibility index (Phi) is 4.41. The maximum absolute atomic E-state index is 13.1. The number of aromatic nitrogens is 3. The Morgan fingerprint density at radius 1 is 0.844 bits per heavy atom. The van der Waals surface area contributed by atoms with Gasteiger partial charge in [-0.2, -0.15) is 4.98 Å². The third-order valence-electron chi connectivity index (χ3n) is 6.72. The monoisotopic (exact) mass is 425 g/mol. The molecule has 1 saturated heterocycles. The fourth-order valence-corrected chi connectivity index (χ4v) is 5.11. The molecule has 2 aliphatic heterocycles. The zero-order valence-corrected chi connectivity index (χ0v) is 17.5. The van der Waals surface area contributed by atoms with Crippen molar-refractivity contribution in [3.8, 4) is 0 Å². The topological polar surface area (TPSA) is 80.1 Å². The molecule has 0 bridgehead atoms. The van der Waals surface area contributed by atoms with Crippen molar-refractivity contribution in [1.29, 1.82) is 0 Å². The molecule has 2 amide bonds. The average molecular weight is 425 g/mol. The van der Waals surface area contributed by atoms with Crippen LogP contribution in [0.1, 0.15) is 42.9 Å². The summed E-state index contributed by atoms with van der Waals surface area (Å²) in [6.07, 6.45) is 5.61. The Balaban J connectivity index is 1.42. The normalized spacial score (nSPS) is 24.6. The molecule has 3 aliphatic rings. The Morgan fingerprint density at radius 3 is 2.12 bits per heavy atom. The van der Waals surface area contributed by atoms with Crippen LogP contribution < -0.4 is 10.2 Å². The number of allylic oxidation sites excluding steroid dienone is 1. The van der Waals surface area contributed by atoms with Crippen LogP contribution in [0, 0.1) is 11.8 Å². The summed E-state index contributed by atoms with van der Waals surface area (Å²) < 4.78 is 1.76. The molecule has 0 unspecified atom stereocenters. The lowest BCUT2D eigenvalue weighted by molar-refractivity contribution is -0.122. The molecule has 3 atom stereocenters. The molecule has 6 rings (SSSR count). The van der Waals surface area contributed by atoms with E-state index in [2.05, 4.69) is 21.5 Å². The summed E-state index contributed by atoms with van der Waals surface area (Å²) in [6, 6.07) is 19.9. The standard InChI is InChI=1S/C25H23N5O2/c31-22-18-13-7-8-14-19(18)23(32)29(22)25-27-24-26-20(16-9-3-1-4-10-16)15-21(30(24)28-25)17-11-5-2-6-12-17/h1-6,9-12,15,18-19,21H,7-8,13-14H2,(H,26,27,28)/t18-,19+,21-/m1/s1. The molecule has 32 heavy (non-hydrogen) atoms. The number of anilines is 2.